The molecule has 0 radical (unpaired) electrons. The van der Waals surface area contributed by atoms with Crippen molar-refractivity contribution in [2.45, 2.75) is 26.1 Å². The first-order valence-electron chi connectivity index (χ1n) is 5.14. The molecule has 0 aromatic carbocycles. The Morgan fingerprint density at radius 2 is 1.93 bits per heavy atom. The molecule has 15 heavy (non-hydrogen) atoms. The quantitative estimate of drug-likeness (QED) is 0.454. The van der Waals surface area contributed by atoms with Crippen LogP contribution in [-0.2, 0) is 19.0 Å². The molecule has 0 rings (SSSR count). The molecule has 1 N–H and O–H groups in total. The number of carbonyl (C=O) groups is 1. The maximum absolute atomic E-state index is 11.2. The smallest absolute Gasteiger partial charge is 0.222 e. The zero-order valence-corrected chi connectivity index (χ0v) is 9.75. The first kappa shape index (κ1) is 14.3. The highest BCUT2D eigenvalue weighted by Crippen LogP contribution is 1.89. The van der Waals surface area contributed by atoms with E-state index in [1.807, 2.05) is 6.92 Å². The van der Waals surface area contributed by atoms with E-state index in [4.69, 9.17) is 14.2 Å². The van der Waals surface area contributed by atoms with Crippen molar-refractivity contribution in [2.24, 2.45) is 0 Å². The van der Waals surface area contributed by atoms with Crippen LogP contribution in [0, 0.1) is 0 Å². The SMILES string of the molecule is CCCOCCC(=O)NCC(OC)OC. The summed E-state index contributed by atoms with van der Waals surface area (Å²) in [5, 5.41) is 2.69. The van der Waals surface area contributed by atoms with E-state index in [-0.39, 0.29) is 12.2 Å². The van der Waals surface area contributed by atoms with Crippen LogP contribution in [0.25, 0.3) is 0 Å². The van der Waals surface area contributed by atoms with Crippen LogP contribution in [0.15, 0.2) is 0 Å². The van der Waals surface area contributed by atoms with E-state index in [0.717, 1.165) is 6.42 Å². The molecule has 0 unspecified atom stereocenters. The summed E-state index contributed by atoms with van der Waals surface area (Å²) < 4.78 is 15.0. The van der Waals surface area contributed by atoms with Crippen LogP contribution < -0.4 is 5.32 Å². The van der Waals surface area contributed by atoms with Crippen LogP contribution in [0.1, 0.15) is 19.8 Å². The minimum atomic E-state index is -0.384. The molecule has 0 heterocycles. The number of hydrogen-bond donors (Lipinski definition) is 1. The highest BCUT2D eigenvalue weighted by Gasteiger charge is 2.07. The van der Waals surface area contributed by atoms with E-state index < -0.39 is 0 Å². The molecule has 0 bridgehead atoms. The second-order valence-corrected chi connectivity index (χ2v) is 3.07. The van der Waals surface area contributed by atoms with Crippen LogP contribution in [0.3, 0.4) is 0 Å². The molecule has 0 saturated heterocycles. The molecule has 0 spiro atoms. The van der Waals surface area contributed by atoms with Crippen LogP contribution >= 0.6 is 0 Å². The number of nitrogens with one attached hydrogen (secondary N) is 1. The van der Waals surface area contributed by atoms with Gasteiger partial charge in [0.25, 0.3) is 0 Å². The lowest BCUT2D eigenvalue weighted by atomic mass is 10.4. The highest BCUT2D eigenvalue weighted by atomic mass is 16.7. The zero-order valence-electron chi connectivity index (χ0n) is 9.75. The van der Waals surface area contributed by atoms with Gasteiger partial charge in [-0.3, -0.25) is 4.79 Å². The van der Waals surface area contributed by atoms with Gasteiger partial charge in [0.1, 0.15) is 0 Å². The number of ether oxygens (including phenoxy) is 3. The van der Waals surface area contributed by atoms with Crippen LogP contribution in [0.5, 0.6) is 0 Å². The fourth-order valence-corrected chi connectivity index (χ4v) is 0.960. The first-order valence-corrected chi connectivity index (χ1v) is 5.14. The van der Waals surface area contributed by atoms with Crippen LogP contribution in [0.4, 0.5) is 0 Å². The summed E-state index contributed by atoms with van der Waals surface area (Å²) in [4.78, 5) is 11.2. The van der Waals surface area contributed by atoms with Gasteiger partial charge in [0.05, 0.1) is 13.2 Å². The van der Waals surface area contributed by atoms with E-state index in [1.165, 1.54) is 14.2 Å². The zero-order chi connectivity index (χ0) is 11.5. The maximum atomic E-state index is 11.2. The molecule has 0 atom stereocenters. The third-order valence-corrected chi connectivity index (χ3v) is 1.81. The molecular weight excluding hydrogens is 198 g/mol. The molecule has 0 fully saturated rings. The summed E-state index contributed by atoms with van der Waals surface area (Å²) in [6.45, 7) is 3.55. The van der Waals surface area contributed by atoms with Crippen molar-refractivity contribution in [1.82, 2.24) is 5.32 Å². The average molecular weight is 219 g/mol. The monoisotopic (exact) mass is 219 g/mol. The predicted octanol–water partition coefficient (Wildman–Crippen LogP) is 0.538. The third-order valence-electron chi connectivity index (χ3n) is 1.81. The predicted molar refractivity (Wildman–Crippen MR) is 56.5 cm³/mol. The lowest BCUT2D eigenvalue weighted by molar-refractivity contribution is -0.128. The van der Waals surface area contributed by atoms with Gasteiger partial charge in [0.2, 0.25) is 5.91 Å². The van der Waals surface area contributed by atoms with Crippen molar-refractivity contribution in [2.75, 3.05) is 34.0 Å². The minimum absolute atomic E-state index is 0.0507. The Balaban J connectivity index is 3.40. The summed E-state index contributed by atoms with van der Waals surface area (Å²) in [6, 6.07) is 0. The molecular formula is C10H21NO4. The summed E-state index contributed by atoms with van der Waals surface area (Å²) in [7, 11) is 3.06. The number of carbonyl (C=O) groups excluding carboxylic acids is 1. The second kappa shape index (κ2) is 9.89. The van der Waals surface area contributed by atoms with E-state index in [9.17, 15) is 4.79 Å². The first-order chi connectivity index (χ1) is 7.24. The minimum Gasteiger partial charge on any atom is -0.381 e. The van der Waals surface area contributed by atoms with Crippen molar-refractivity contribution >= 4 is 5.91 Å². The van der Waals surface area contributed by atoms with Crippen molar-refractivity contribution in [3.63, 3.8) is 0 Å². The van der Waals surface area contributed by atoms with Gasteiger partial charge in [0.15, 0.2) is 6.29 Å². The van der Waals surface area contributed by atoms with Gasteiger partial charge in [-0.05, 0) is 6.42 Å². The topological polar surface area (TPSA) is 56.8 Å². The molecule has 1 amide bonds. The Labute approximate surface area is 91.1 Å². The Kier molecular flexibility index (Phi) is 9.46. The Morgan fingerprint density at radius 3 is 2.47 bits per heavy atom. The fraction of sp³-hybridized carbons (Fsp3) is 0.900. The van der Waals surface area contributed by atoms with Crippen LogP contribution in [-0.4, -0.2) is 46.2 Å². The molecule has 5 heteroatoms. The lowest BCUT2D eigenvalue weighted by Crippen LogP contribution is -2.34. The van der Waals surface area contributed by atoms with Crippen molar-refractivity contribution in [1.29, 1.82) is 0 Å². The number of rotatable bonds is 9. The Hall–Kier alpha value is -0.650. The Morgan fingerprint density at radius 1 is 1.27 bits per heavy atom. The third kappa shape index (κ3) is 8.35. The summed E-state index contributed by atoms with van der Waals surface area (Å²) >= 11 is 0. The van der Waals surface area contributed by atoms with Gasteiger partial charge >= 0.3 is 0 Å². The maximum Gasteiger partial charge on any atom is 0.222 e. The Bertz CT molecular complexity index is 160. The summed E-state index contributed by atoms with van der Waals surface area (Å²) in [5.41, 5.74) is 0. The van der Waals surface area contributed by atoms with E-state index in [2.05, 4.69) is 5.32 Å². The molecule has 0 aliphatic heterocycles. The largest absolute Gasteiger partial charge is 0.381 e. The number of methoxy groups -OCH3 is 2. The number of amides is 1. The number of hydrogen-bond acceptors (Lipinski definition) is 4. The van der Waals surface area contributed by atoms with Crippen molar-refractivity contribution in [3.05, 3.63) is 0 Å². The van der Waals surface area contributed by atoms with Crippen molar-refractivity contribution in [3.8, 4) is 0 Å². The van der Waals surface area contributed by atoms with Crippen molar-refractivity contribution < 1.29 is 19.0 Å². The summed E-state index contributed by atoms with van der Waals surface area (Å²) in [5.74, 6) is -0.0507. The van der Waals surface area contributed by atoms with Gasteiger partial charge in [-0.15, -0.1) is 0 Å². The van der Waals surface area contributed by atoms with Gasteiger partial charge in [0, 0.05) is 27.2 Å². The van der Waals surface area contributed by atoms with E-state index >= 15 is 0 Å². The molecule has 0 aliphatic carbocycles. The molecule has 90 valence electrons. The van der Waals surface area contributed by atoms with Gasteiger partial charge in [-0.1, -0.05) is 6.92 Å². The molecule has 0 aliphatic rings. The molecule has 0 aromatic heterocycles. The van der Waals surface area contributed by atoms with Crippen LogP contribution in [0.2, 0.25) is 0 Å². The fourth-order valence-electron chi connectivity index (χ4n) is 0.960. The van der Waals surface area contributed by atoms with Gasteiger partial charge in [-0.2, -0.15) is 0 Å². The van der Waals surface area contributed by atoms with E-state index in [1.54, 1.807) is 0 Å². The normalized spacial score (nSPS) is 10.7. The standard InChI is InChI=1S/C10H21NO4/c1-4-6-15-7-5-9(12)11-8-10(13-2)14-3/h10H,4-8H2,1-3H3,(H,11,12). The summed E-state index contributed by atoms with van der Waals surface area (Å²) in [6.07, 6.45) is 0.961. The second-order valence-electron chi connectivity index (χ2n) is 3.07. The van der Waals surface area contributed by atoms with Gasteiger partial charge in [-0.25, -0.2) is 0 Å². The molecule has 0 aromatic rings. The average Bonchev–Trinajstić information content (AvgIpc) is 2.26. The molecule has 0 saturated carbocycles. The molecule has 5 nitrogen and oxygen atoms in total. The van der Waals surface area contributed by atoms with E-state index in [0.29, 0.717) is 26.2 Å². The highest BCUT2D eigenvalue weighted by molar-refractivity contribution is 5.75. The van der Waals surface area contributed by atoms with Gasteiger partial charge < -0.3 is 19.5 Å². The lowest BCUT2D eigenvalue weighted by Gasteiger charge is -2.13.